The molecule has 0 aliphatic carbocycles. The van der Waals surface area contributed by atoms with Gasteiger partial charge in [0.25, 0.3) is 0 Å². The third kappa shape index (κ3) is 3.58. The van der Waals surface area contributed by atoms with E-state index >= 15 is 0 Å². The van der Waals surface area contributed by atoms with E-state index in [0.717, 1.165) is 24.0 Å². The van der Waals surface area contributed by atoms with Crippen LogP contribution in [0.4, 0.5) is 10.5 Å². The number of hydrogen-bond acceptors (Lipinski definition) is 5. The highest BCUT2D eigenvalue weighted by molar-refractivity contribution is 5.90. The third-order valence-corrected chi connectivity index (χ3v) is 4.76. The molecule has 4 rings (SSSR count). The van der Waals surface area contributed by atoms with Crippen molar-refractivity contribution in [1.82, 2.24) is 15.0 Å². The molecule has 28 heavy (non-hydrogen) atoms. The van der Waals surface area contributed by atoms with Crippen molar-refractivity contribution in [3.63, 3.8) is 0 Å². The zero-order chi connectivity index (χ0) is 19.5. The molecule has 1 N–H and O–H groups in total. The fraction of sp³-hybridized carbons (Fsp3) is 0.238. The van der Waals surface area contributed by atoms with Crippen LogP contribution in [-0.4, -0.2) is 27.6 Å². The van der Waals surface area contributed by atoms with Crippen LogP contribution in [0.3, 0.4) is 0 Å². The summed E-state index contributed by atoms with van der Waals surface area (Å²) in [6.45, 7) is 2.62. The zero-order valence-electron chi connectivity index (χ0n) is 15.4. The number of amides is 2. The van der Waals surface area contributed by atoms with Crippen molar-refractivity contribution in [3.8, 4) is 17.5 Å². The third-order valence-electron chi connectivity index (χ3n) is 4.76. The highest BCUT2D eigenvalue weighted by Gasteiger charge is 2.34. The van der Waals surface area contributed by atoms with E-state index in [1.807, 2.05) is 31.2 Å². The number of aryl methyl sites for hydroxylation is 1. The summed E-state index contributed by atoms with van der Waals surface area (Å²) in [7, 11) is 0. The van der Waals surface area contributed by atoms with Crippen molar-refractivity contribution >= 4 is 11.7 Å². The van der Waals surface area contributed by atoms with E-state index in [4.69, 9.17) is 9.78 Å². The SMILES string of the molecule is Cc1cccc(-c2noc(C3CCCN3C(=O)Nc3cccc(C#N)c3)n2)c1. The monoisotopic (exact) mass is 373 g/mol. The van der Waals surface area contributed by atoms with Crippen molar-refractivity contribution < 1.29 is 9.32 Å². The van der Waals surface area contributed by atoms with Crippen LogP contribution in [0.5, 0.6) is 0 Å². The molecule has 0 spiro atoms. The van der Waals surface area contributed by atoms with Crippen LogP contribution in [0.1, 0.15) is 35.9 Å². The van der Waals surface area contributed by atoms with Gasteiger partial charge in [-0.1, -0.05) is 35.0 Å². The first kappa shape index (κ1) is 17.7. The number of nitrogens with one attached hydrogen (secondary N) is 1. The Balaban J connectivity index is 1.52. The van der Waals surface area contributed by atoms with E-state index < -0.39 is 0 Å². The van der Waals surface area contributed by atoms with E-state index in [1.54, 1.807) is 29.2 Å². The molecule has 2 heterocycles. The Morgan fingerprint density at radius 1 is 1.29 bits per heavy atom. The molecule has 2 aromatic carbocycles. The molecule has 0 radical (unpaired) electrons. The summed E-state index contributed by atoms with van der Waals surface area (Å²) < 4.78 is 5.48. The number of benzene rings is 2. The summed E-state index contributed by atoms with van der Waals surface area (Å²) in [4.78, 5) is 19.0. The fourth-order valence-corrected chi connectivity index (χ4v) is 3.40. The Bertz CT molecular complexity index is 1050. The number of hydrogen-bond donors (Lipinski definition) is 1. The van der Waals surface area contributed by atoms with Crippen LogP contribution in [0.25, 0.3) is 11.4 Å². The highest BCUT2D eigenvalue weighted by Crippen LogP contribution is 2.32. The number of nitriles is 1. The minimum Gasteiger partial charge on any atom is -0.337 e. The van der Waals surface area contributed by atoms with E-state index in [9.17, 15) is 4.79 Å². The van der Waals surface area contributed by atoms with E-state index in [-0.39, 0.29) is 12.1 Å². The normalized spacial score (nSPS) is 16.0. The number of likely N-dealkylation sites (tertiary alicyclic amines) is 1. The van der Waals surface area contributed by atoms with Crippen molar-refractivity contribution in [1.29, 1.82) is 5.26 Å². The summed E-state index contributed by atoms with van der Waals surface area (Å²) >= 11 is 0. The predicted octanol–water partition coefficient (Wildman–Crippen LogP) is 4.29. The Morgan fingerprint density at radius 3 is 2.96 bits per heavy atom. The zero-order valence-corrected chi connectivity index (χ0v) is 15.4. The number of rotatable bonds is 3. The summed E-state index contributed by atoms with van der Waals surface area (Å²) in [5, 5.41) is 16.0. The van der Waals surface area contributed by atoms with Crippen molar-refractivity contribution in [2.24, 2.45) is 0 Å². The lowest BCUT2D eigenvalue weighted by Crippen LogP contribution is -2.34. The molecule has 140 valence electrons. The van der Waals surface area contributed by atoms with Gasteiger partial charge in [-0.05, 0) is 44.0 Å². The Labute approximate surface area is 162 Å². The van der Waals surface area contributed by atoms with Gasteiger partial charge in [-0.2, -0.15) is 10.2 Å². The van der Waals surface area contributed by atoms with Crippen molar-refractivity contribution in [2.45, 2.75) is 25.8 Å². The first-order chi connectivity index (χ1) is 13.6. The summed E-state index contributed by atoms with van der Waals surface area (Å²) in [6.07, 6.45) is 1.62. The van der Waals surface area contributed by atoms with Gasteiger partial charge in [0.2, 0.25) is 11.7 Å². The van der Waals surface area contributed by atoms with Gasteiger partial charge in [-0.15, -0.1) is 0 Å². The average molecular weight is 373 g/mol. The van der Waals surface area contributed by atoms with Crippen LogP contribution in [-0.2, 0) is 0 Å². The lowest BCUT2D eigenvalue weighted by atomic mass is 10.1. The molecule has 1 aliphatic heterocycles. The molecule has 1 aliphatic rings. The molecule has 0 bridgehead atoms. The van der Waals surface area contributed by atoms with Gasteiger partial charge in [0.15, 0.2) is 0 Å². The Hall–Kier alpha value is -3.66. The fourth-order valence-electron chi connectivity index (χ4n) is 3.40. The van der Waals surface area contributed by atoms with Crippen LogP contribution >= 0.6 is 0 Å². The number of anilines is 1. The molecule has 1 aromatic heterocycles. The second-order valence-electron chi connectivity index (χ2n) is 6.80. The number of carbonyl (C=O) groups is 1. The van der Waals surface area contributed by atoms with Crippen LogP contribution in [0.2, 0.25) is 0 Å². The molecule has 0 saturated carbocycles. The Kier molecular flexibility index (Phi) is 4.77. The predicted molar refractivity (Wildman–Crippen MR) is 103 cm³/mol. The summed E-state index contributed by atoms with van der Waals surface area (Å²) in [5.74, 6) is 0.961. The number of nitrogens with zero attached hydrogens (tertiary/aromatic N) is 4. The molecule has 7 heteroatoms. The Morgan fingerprint density at radius 2 is 2.14 bits per heavy atom. The minimum atomic E-state index is -0.259. The standard InChI is InChI=1S/C21H19N5O2/c1-14-5-2-7-16(11-14)19-24-20(28-25-19)18-9-4-10-26(18)21(27)23-17-8-3-6-15(12-17)13-22/h2-3,5-8,11-12,18H,4,9-10H2,1H3,(H,23,27). The van der Waals surface area contributed by atoms with Gasteiger partial charge in [-0.25, -0.2) is 4.79 Å². The molecule has 3 aromatic rings. The van der Waals surface area contributed by atoms with Crippen molar-refractivity contribution in [2.75, 3.05) is 11.9 Å². The van der Waals surface area contributed by atoms with E-state index in [0.29, 0.717) is 29.5 Å². The first-order valence-electron chi connectivity index (χ1n) is 9.12. The van der Waals surface area contributed by atoms with Crippen LogP contribution in [0, 0.1) is 18.3 Å². The lowest BCUT2D eigenvalue weighted by Gasteiger charge is -2.22. The minimum absolute atomic E-state index is 0.243. The smallest absolute Gasteiger partial charge is 0.322 e. The van der Waals surface area contributed by atoms with Gasteiger partial charge in [0, 0.05) is 17.8 Å². The van der Waals surface area contributed by atoms with Gasteiger partial charge in [-0.3, -0.25) is 0 Å². The summed E-state index contributed by atoms with van der Waals surface area (Å²) in [6, 6.07) is 16.3. The van der Waals surface area contributed by atoms with E-state index in [2.05, 4.69) is 21.5 Å². The molecule has 1 fully saturated rings. The quantitative estimate of drug-likeness (QED) is 0.739. The second-order valence-corrected chi connectivity index (χ2v) is 6.80. The van der Waals surface area contributed by atoms with Crippen LogP contribution in [0.15, 0.2) is 53.1 Å². The van der Waals surface area contributed by atoms with Gasteiger partial charge in [0.1, 0.15) is 6.04 Å². The molecule has 1 unspecified atom stereocenters. The number of urea groups is 1. The lowest BCUT2D eigenvalue weighted by molar-refractivity contribution is 0.193. The maximum atomic E-state index is 12.8. The molecule has 1 saturated heterocycles. The summed E-state index contributed by atoms with van der Waals surface area (Å²) in [5.41, 5.74) is 3.08. The highest BCUT2D eigenvalue weighted by atomic mass is 16.5. The van der Waals surface area contributed by atoms with Gasteiger partial charge >= 0.3 is 6.03 Å². The molecule has 7 nitrogen and oxygen atoms in total. The maximum Gasteiger partial charge on any atom is 0.322 e. The largest absolute Gasteiger partial charge is 0.337 e. The maximum absolute atomic E-state index is 12.8. The average Bonchev–Trinajstić information content (AvgIpc) is 3.37. The van der Waals surface area contributed by atoms with Gasteiger partial charge < -0.3 is 14.7 Å². The molecular formula is C21H19N5O2. The van der Waals surface area contributed by atoms with E-state index in [1.165, 1.54) is 0 Å². The number of carbonyl (C=O) groups excluding carboxylic acids is 1. The van der Waals surface area contributed by atoms with Crippen LogP contribution < -0.4 is 5.32 Å². The second kappa shape index (κ2) is 7.53. The topological polar surface area (TPSA) is 95.0 Å². The first-order valence-corrected chi connectivity index (χ1v) is 9.12. The molecule has 1 atom stereocenters. The molecular weight excluding hydrogens is 354 g/mol. The number of aromatic nitrogens is 2. The van der Waals surface area contributed by atoms with Gasteiger partial charge in [0.05, 0.1) is 11.6 Å². The molecule has 2 amide bonds. The van der Waals surface area contributed by atoms with Crippen molar-refractivity contribution in [3.05, 3.63) is 65.5 Å².